The van der Waals surface area contributed by atoms with Gasteiger partial charge in [-0.05, 0) is 19.4 Å². The van der Waals surface area contributed by atoms with Gasteiger partial charge in [0.2, 0.25) is 0 Å². The molecule has 1 rings (SSSR count). The lowest BCUT2D eigenvalue weighted by molar-refractivity contribution is -0.145. The summed E-state index contributed by atoms with van der Waals surface area (Å²) in [6.07, 6.45) is 3.12. The average Bonchev–Trinajstić information content (AvgIpc) is 2.66. The molecule has 0 aromatic carbocycles. The van der Waals surface area contributed by atoms with Gasteiger partial charge in [-0.2, -0.15) is 0 Å². The number of rotatable bonds is 4. The maximum absolute atomic E-state index is 11.9. The molecule has 6 nitrogen and oxygen atoms in total. The number of nitrogens with one attached hydrogen (secondary N) is 2. The van der Waals surface area contributed by atoms with Gasteiger partial charge in [0.25, 0.3) is 0 Å². The zero-order valence-corrected chi connectivity index (χ0v) is 12.4. The molecule has 1 saturated heterocycles. The van der Waals surface area contributed by atoms with E-state index in [1.807, 2.05) is 6.92 Å². The van der Waals surface area contributed by atoms with Crippen LogP contribution in [0.15, 0.2) is 0 Å². The minimum Gasteiger partial charge on any atom is -0.348 e. The summed E-state index contributed by atoms with van der Waals surface area (Å²) in [6.45, 7) is 5.05. The highest BCUT2D eigenvalue weighted by Crippen LogP contribution is 1.99. The summed E-state index contributed by atoms with van der Waals surface area (Å²) in [7, 11) is -0.897. The van der Waals surface area contributed by atoms with Crippen LogP contribution >= 0.6 is 0 Å². The van der Waals surface area contributed by atoms with Gasteiger partial charge in [-0.25, -0.2) is 0 Å². The summed E-state index contributed by atoms with van der Waals surface area (Å²) < 4.78 is 11.2. The Hall–Kier alpha value is -0.950. The Kier molecular flexibility index (Phi) is 7.01. The average molecular weight is 289 g/mol. The summed E-state index contributed by atoms with van der Waals surface area (Å²) >= 11 is 0. The molecule has 1 heterocycles. The lowest BCUT2D eigenvalue weighted by Gasteiger charge is -2.19. The molecule has 2 N–H and O–H groups in total. The largest absolute Gasteiger partial charge is 0.348 e. The Morgan fingerprint density at radius 3 is 2.79 bits per heavy atom. The Bertz CT molecular complexity index is 341. The third-order valence-electron chi connectivity index (χ3n) is 3.22. The van der Waals surface area contributed by atoms with Crippen molar-refractivity contribution < 1.29 is 13.8 Å². The van der Waals surface area contributed by atoms with E-state index < -0.39 is 22.6 Å². The van der Waals surface area contributed by atoms with Crippen LogP contribution in [0.4, 0.5) is 0 Å². The number of carbonyl (C=O) groups excluding carboxylic acids is 2. The molecule has 1 aliphatic rings. The van der Waals surface area contributed by atoms with Crippen molar-refractivity contribution in [1.82, 2.24) is 15.5 Å². The molecular weight excluding hydrogens is 266 g/mol. The maximum Gasteiger partial charge on any atom is 0.311 e. The molecule has 0 aliphatic carbocycles. The smallest absolute Gasteiger partial charge is 0.311 e. The van der Waals surface area contributed by atoms with Gasteiger partial charge in [-0.3, -0.25) is 13.8 Å². The van der Waals surface area contributed by atoms with E-state index in [4.69, 9.17) is 0 Å². The van der Waals surface area contributed by atoms with Crippen LogP contribution in [-0.2, 0) is 20.4 Å². The predicted molar refractivity (Wildman–Crippen MR) is 75.2 cm³/mol. The SMILES string of the molecule is CC(CCNC(=O)C(=O)N1CCCNCC1)S(C)=O. The van der Waals surface area contributed by atoms with Crippen LogP contribution in [-0.4, -0.2) is 65.2 Å². The lowest BCUT2D eigenvalue weighted by Crippen LogP contribution is -2.44. The van der Waals surface area contributed by atoms with Gasteiger partial charge in [-0.1, -0.05) is 6.92 Å². The van der Waals surface area contributed by atoms with Crippen LogP contribution in [0.5, 0.6) is 0 Å². The van der Waals surface area contributed by atoms with Crippen LogP contribution in [0.1, 0.15) is 19.8 Å². The van der Waals surface area contributed by atoms with E-state index in [-0.39, 0.29) is 5.25 Å². The molecule has 0 saturated carbocycles. The van der Waals surface area contributed by atoms with E-state index in [1.54, 1.807) is 11.2 Å². The second kappa shape index (κ2) is 8.27. The topological polar surface area (TPSA) is 78.5 Å². The number of nitrogens with zero attached hydrogens (tertiary/aromatic N) is 1. The van der Waals surface area contributed by atoms with Crippen molar-refractivity contribution in [2.75, 3.05) is 39.0 Å². The highest BCUT2D eigenvalue weighted by Gasteiger charge is 2.22. The summed E-state index contributed by atoms with van der Waals surface area (Å²) in [4.78, 5) is 25.2. The van der Waals surface area contributed by atoms with Crippen molar-refractivity contribution in [2.24, 2.45) is 0 Å². The van der Waals surface area contributed by atoms with Gasteiger partial charge in [0.15, 0.2) is 0 Å². The maximum atomic E-state index is 11.9. The Morgan fingerprint density at radius 1 is 1.37 bits per heavy atom. The van der Waals surface area contributed by atoms with Crippen molar-refractivity contribution in [1.29, 1.82) is 0 Å². The van der Waals surface area contributed by atoms with Crippen LogP contribution in [0.2, 0.25) is 0 Å². The summed E-state index contributed by atoms with van der Waals surface area (Å²) in [6, 6.07) is 0. The monoisotopic (exact) mass is 289 g/mol. The number of hydrogen-bond acceptors (Lipinski definition) is 4. The van der Waals surface area contributed by atoms with Crippen LogP contribution in [0, 0.1) is 0 Å². The molecule has 2 unspecified atom stereocenters. The van der Waals surface area contributed by atoms with E-state index in [0.717, 1.165) is 19.5 Å². The van der Waals surface area contributed by atoms with Gasteiger partial charge in [0.05, 0.1) is 0 Å². The molecule has 0 radical (unpaired) electrons. The summed E-state index contributed by atoms with van der Waals surface area (Å²) in [5.41, 5.74) is 0. The first-order chi connectivity index (χ1) is 9.02. The first-order valence-electron chi connectivity index (χ1n) is 6.62. The Balaban J connectivity index is 2.31. The van der Waals surface area contributed by atoms with Crippen molar-refractivity contribution in [3.63, 3.8) is 0 Å². The summed E-state index contributed by atoms with van der Waals surface area (Å²) in [5.74, 6) is -1.02. The molecule has 7 heteroatoms. The molecule has 0 aromatic heterocycles. The molecule has 0 bridgehead atoms. The zero-order chi connectivity index (χ0) is 14.3. The van der Waals surface area contributed by atoms with Gasteiger partial charge >= 0.3 is 11.8 Å². The second-order valence-electron chi connectivity index (χ2n) is 4.75. The van der Waals surface area contributed by atoms with Gasteiger partial charge in [0, 0.05) is 48.5 Å². The molecular formula is C12H23N3O3S. The minimum atomic E-state index is -0.897. The Labute approximate surface area is 116 Å². The highest BCUT2D eigenvalue weighted by atomic mass is 32.2. The fraction of sp³-hybridized carbons (Fsp3) is 0.833. The van der Waals surface area contributed by atoms with Crippen molar-refractivity contribution >= 4 is 22.6 Å². The second-order valence-corrected chi connectivity index (χ2v) is 6.55. The molecule has 0 aromatic rings. The molecule has 110 valence electrons. The standard InChI is InChI=1S/C12H23N3O3S/c1-10(19(2)18)4-6-14-11(16)12(17)15-8-3-5-13-7-9-15/h10,13H,3-9H2,1-2H3,(H,14,16). The Morgan fingerprint density at radius 2 is 2.11 bits per heavy atom. The molecule has 1 fully saturated rings. The molecule has 2 atom stereocenters. The zero-order valence-electron chi connectivity index (χ0n) is 11.6. The molecule has 2 amide bonds. The van der Waals surface area contributed by atoms with E-state index in [2.05, 4.69) is 10.6 Å². The molecule has 1 aliphatic heterocycles. The van der Waals surface area contributed by atoms with E-state index >= 15 is 0 Å². The van der Waals surface area contributed by atoms with Crippen molar-refractivity contribution in [2.45, 2.75) is 25.0 Å². The van der Waals surface area contributed by atoms with Gasteiger partial charge in [0.1, 0.15) is 0 Å². The number of carbonyl (C=O) groups is 2. The number of hydrogen-bond donors (Lipinski definition) is 2. The molecule has 0 spiro atoms. The first kappa shape index (κ1) is 16.1. The fourth-order valence-corrected chi connectivity index (χ4v) is 2.27. The van der Waals surface area contributed by atoms with E-state index in [1.165, 1.54) is 0 Å². The van der Waals surface area contributed by atoms with Crippen molar-refractivity contribution in [3.05, 3.63) is 0 Å². The lowest BCUT2D eigenvalue weighted by atomic mass is 10.3. The fourth-order valence-electron chi connectivity index (χ4n) is 1.82. The normalized spacial score (nSPS) is 19.4. The van der Waals surface area contributed by atoms with Crippen LogP contribution in [0.25, 0.3) is 0 Å². The highest BCUT2D eigenvalue weighted by molar-refractivity contribution is 7.84. The van der Waals surface area contributed by atoms with Crippen LogP contribution < -0.4 is 10.6 Å². The van der Waals surface area contributed by atoms with Crippen LogP contribution in [0.3, 0.4) is 0 Å². The quantitative estimate of drug-likeness (QED) is 0.656. The third-order valence-corrected chi connectivity index (χ3v) is 4.59. The predicted octanol–water partition coefficient (Wildman–Crippen LogP) is -0.918. The van der Waals surface area contributed by atoms with Gasteiger partial charge in [-0.15, -0.1) is 0 Å². The van der Waals surface area contributed by atoms with E-state index in [9.17, 15) is 13.8 Å². The third kappa shape index (κ3) is 5.69. The number of amides is 2. The van der Waals surface area contributed by atoms with E-state index in [0.29, 0.717) is 26.1 Å². The first-order valence-corrected chi connectivity index (χ1v) is 8.24. The minimum absolute atomic E-state index is 0.0257. The van der Waals surface area contributed by atoms with Crippen molar-refractivity contribution in [3.8, 4) is 0 Å². The summed E-state index contributed by atoms with van der Waals surface area (Å²) in [5, 5.41) is 5.81. The molecule has 19 heavy (non-hydrogen) atoms. The van der Waals surface area contributed by atoms with Gasteiger partial charge < -0.3 is 15.5 Å².